The first-order chi connectivity index (χ1) is 20.4. The van der Waals surface area contributed by atoms with Gasteiger partial charge in [-0.05, 0) is 40.2 Å². The molecule has 0 saturated carbocycles. The van der Waals surface area contributed by atoms with Crippen molar-refractivity contribution in [2.24, 2.45) is 5.16 Å². The average Bonchev–Trinajstić information content (AvgIpc) is 3.45. The number of aromatic nitrogens is 4. The van der Waals surface area contributed by atoms with E-state index in [0.29, 0.717) is 6.54 Å². The van der Waals surface area contributed by atoms with Gasteiger partial charge in [0.1, 0.15) is 6.61 Å². The van der Waals surface area contributed by atoms with Gasteiger partial charge in [-0.3, -0.25) is 4.79 Å². The van der Waals surface area contributed by atoms with Crippen LogP contribution in [0.1, 0.15) is 133 Å². The Bertz CT molecular complexity index is 1210. The third-order valence-corrected chi connectivity index (χ3v) is 7.43. The Labute approximate surface area is 252 Å². The highest BCUT2D eigenvalue weighted by Crippen LogP contribution is 2.32. The van der Waals surface area contributed by atoms with Gasteiger partial charge in [0.15, 0.2) is 0 Å². The monoisotopic (exact) mass is 574 g/mol. The Kier molecular flexibility index (Phi) is 14.2. The maximum absolute atomic E-state index is 13.7. The molecule has 0 saturated heterocycles. The van der Waals surface area contributed by atoms with Crippen LogP contribution in [0, 0.1) is 0 Å². The number of carbonyl (C=O) groups is 1. The van der Waals surface area contributed by atoms with Crippen molar-refractivity contribution in [3.63, 3.8) is 0 Å². The van der Waals surface area contributed by atoms with Gasteiger partial charge in [0, 0.05) is 5.69 Å². The van der Waals surface area contributed by atoms with Crippen molar-refractivity contribution in [3.8, 4) is 0 Å². The maximum Gasteiger partial charge on any atom is 0.281 e. The number of carbonyl (C=O) groups excluding carboxylic acids is 1. The summed E-state index contributed by atoms with van der Waals surface area (Å²) in [6.07, 6.45) is 12.6. The molecule has 0 aliphatic carbocycles. The van der Waals surface area contributed by atoms with Crippen LogP contribution in [0.3, 0.4) is 0 Å². The van der Waals surface area contributed by atoms with E-state index in [2.05, 4.69) is 72.6 Å². The molecule has 42 heavy (non-hydrogen) atoms. The normalized spacial score (nSPS) is 11.8. The lowest BCUT2D eigenvalue weighted by Crippen LogP contribution is -2.27. The zero-order valence-corrected chi connectivity index (χ0v) is 26.3. The lowest BCUT2D eigenvalue weighted by Gasteiger charge is -2.20. The molecule has 228 valence electrons. The van der Waals surface area contributed by atoms with E-state index in [4.69, 9.17) is 4.84 Å². The van der Waals surface area contributed by atoms with Gasteiger partial charge in [0.05, 0.1) is 6.54 Å². The highest BCUT2D eigenvalue weighted by atomic mass is 16.6. The molecule has 0 fully saturated rings. The zero-order valence-electron chi connectivity index (χ0n) is 26.3. The number of amides is 1. The highest BCUT2D eigenvalue weighted by Gasteiger charge is 2.24. The third-order valence-electron chi connectivity index (χ3n) is 7.43. The summed E-state index contributed by atoms with van der Waals surface area (Å²) >= 11 is 0. The van der Waals surface area contributed by atoms with Crippen molar-refractivity contribution >= 4 is 17.3 Å². The molecular weight excluding hydrogens is 524 g/mol. The van der Waals surface area contributed by atoms with Crippen molar-refractivity contribution < 1.29 is 9.63 Å². The van der Waals surface area contributed by atoms with E-state index in [1.165, 1.54) is 51.4 Å². The van der Waals surface area contributed by atoms with E-state index in [1.54, 1.807) is 4.80 Å². The summed E-state index contributed by atoms with van der Waals surface area (Å²) < 4.78 is 0. The Morgan fingerprint density at radius 2 is 1.43 bits per heavy atom. The second-order valence-electron chi connectivity index (χ2n) is 11.7. The first-order valence-corrected chi connectivity index (χ1v) is 15.9. The molecule has 0 aliphatic rings. The summed E-state index contributed by atoms with van der Waals surface area (Å²) in [5, 5.41) is 20.3. The second kappa shape index (κ2) is 18.1. The van der Waals surface area contributed by atoms with Crippen LogP contribution in [0.25, 0.3) is 0 Å². The molecule has 1 aromatic heterocycles. The largest absolute Gasteiger partial charge is 0.390 e. The van der Waals surface area contributed by atoms with Crippen LogP contribution in [-0.2, 0) is 22.8 Å². The number of nitrogens with one attached hydrogen (secondary N) is 1. The van der Waals surface area contributed by atoms with Crippen molar-refractivity contribution in [2.45, 2.75) is 124 Å². The van der Waals surface area contributed by atoms with Crippen LogP contribution in [0.4, 0.5) is 5.69 Å². The number of hydrogen-bond acceptors (Lipinski definition) is 6. The number of hydrogen-bond donors (Lipinski definition) is 1. The van der Waals surface area contributed by atoms with E-state index < -0.39 is 5.91 Å². The summed E-state index contributed by atoms with van der Waals surface area (Å²) in [5.41, 5.74) is 3.90. The Morgan fingerprint density at radius 1 is 0.833 bits per heavy atom. The predicted molar refractivity (Wildman–Crippen MR) is 171 cm³/mol. The summed E-state index contributed by atoms with van der Waals surface area (Å²) in [5.74, 6) is 0.194. The van der Waals surface area contributed by atoms with Gasteiger partial charge >= 0.3 is 0 Å². The van der Waals surface area contributed by atoms with Gasteiger partial charge in [0.2, 0.25) is 11.5 Å². The number of aryl methyl sites for hydroxylation is 1. The number of unbranched alkanes of at least 4 members (excludes halogenated alkanes) is 9. The minimum Gasteiger partial charge on any atom is -0.390 e. The molecule has 1 N–H and O–H groups in total. The minimum absolute atomic E-state index is 0.00789. The van der Waals surface area contributed by atoms with E-state index in [1.807, 2.05) is 36.4 Å². The van der Waals surface area contributed by atoms with Crippen LogP contribution >= 0.6 is 0 Å². The van der Waals surface area contributed by atoms with Crippen LogP contribution < -0.4 is 5.32 Å². The van der Waals surface area contributed by atoms with Crippen LogP contribution in [0.15, 0.2) is 53.7 Å². The quantitative estimate of drug-likeness (QED) is 0.0881. The van der Waals surface area contributed by atoms with E-state index >= 15 is 0 Å². The number of oxime groups is 1. The maximum atomic E-state index is 13.7. The second-order valence-corrected chi connectivity index (χ2v) is 11.7. The fourth-order valence-electron chi connectivity index (χ4n) is 4.97. The molecule has 1 heterocycles. The Balaban J connectivity index is 1.67. The molecule has 2 aromatic carbocycles. The van der Waals surface area contributed by atoms with Crippen molar-refractivity contribution in [1.82, 2.24) is 20.2 Å². The molecule has 1 amide bonds. The molecule has 3 aromatic rings. The SMILES string of the molecule is CCCCCCCCCCCCn1nnc(/C(=N/OCc2ccccc2)C(=O)Nc2c(C(C)C)cccc2C(C)C)n1. The first kappa shape index (κ1) is 33.0. The van der Waals surface area contributed by atoms with Gasteiger partial charge in [-0.2, -0.15) is 4.80 Å². The number of para-hydroxylation sites is 1. The van der Waals surface area contributed by atoms with E-state index in [0.717, 1.165) is 35.2 Å². The molecular formula is C34H50N6O2. The van der Waals surface area contributed by atoms with Gasteiger partial charge in [0.25, 0.3) is 5.91 Å². The number of benzene rings is 2. The molecule has 0 radical (unpaired) electrons. The predicted octanol–water partition coefficient (Wildman–Crippen LogP) is 8.40. The van der Waals surface area contributed by atoms with Crippen molar-refractivity contribution in [1.29, 1.82) is 0 Å². The molecule has 0 atom stereocenters. The van der Waals surface area contributed by atoms with Gasteiger partial charge in [-0.15, -0.1) is 10.2 Å². The summed E-state index contributed by atoms with van der Waals surface area (Å²) in [4.78, 5) is 20.9. The molecule has 0 spiro atoms. The van der Waals surface area contributed by atoms with Gasteiger partial charge in [-0.1, -0.05) is 146 Å². The van der Waals surface area contributed by atoms with E-state index in [9.17, 15) is 4.79 Å². The fraction of sp³-hybridized carbons (Fsp3) is 0.559. The summed E-state index contributed by atoms with van der Waals surface area (Å²) in [7, 11) is 0. The number of anilines is 1. The van der Waals surface area contributed by atoms with Crippen molar-refractivity contribution in [3.05, 3.63) is 71.0 Å². The van der Waals surface area contributed by atoms with Crippen LogP contribution in [-0.4, -0.2) is 31.8 Å². The van der Waals surface area contributed by atoms with E-state index in [-0.39, 0.29) is 30.0 Å². The summed E-state index contributed by atoms with van der Waals surface area (Å²) in [6.45, 7) is 11.6. The number of tetrazole rings is 1. The van der Waals surface area contributed by atoms with Gasteiger partial charge < -0.3 is 10.2 Å². The Morgan fingerprint density at radius 3 is 2.02 bits per heavy atom. The van der Waals surface area contributed by atoms with Gasteiger partial charge in [-0.25, -0.2) is 0 Å². The number of nitrogens with zero attached hydrogens (tertiary/aromatic N) is 5. The summed E-state index contributed by atoms with van der Waals surface area (Å²) in [6, 6.07) is 15.9. The molecule has 3 rings (SSSR count). The number of rotatable bonds is 19. The minimum atomic E-state index is -0.420. The molecule has 8 heteroatoms. The highest BCUT2D eigenvalue weighted by molar-refractivity contribution is 6.47. The fourth-order valence-corrected chi connectivity index (χ4v) is 4.97. The third kappa shape index (κ3) is 10.7. The molecule has 0 unspecified atom stereocenters. The first-order valence-electron chi connectivity index (χ1n) is 15.9. The van der Waals surface area contributed by atoms with Crippen LogP contribution in [0.2, 0.25) is 0 Å². The lowest BCUT2D eigenvalue weighted by molar-refractivity contribution is -0.110. The Hall–Kier alpha value is -3.55. The van der Waals surface area contributed by atoms with Crippen molar-refractivity contribution in [2.75, 3.05) is 5.32 Å². The average molecular weight is 575 g/mol. The topological polar surface area (TPSA) is 94.3 Å². The molecule has 0 aliphatic heterocycles. The molecule has 8 nitrogen and oxygen atoms in total. The smallest absolute Gasteiger partial charge is 0.281 e. The standard InChI is InChI=1S/C34H50N6O2/c1-6-7-8-9-10-11-12-13-14-18-24-40-37-33(36-39-40)32(38-42-25-28-20-16-15-17-21-28)34(41)35-31-29(26(2)3)22-19-23-30(31)27(4)5/h15-17,19-23,26-27H,6-14,18,24-25H2,1-5H3,(H,35,41)/b38-32-. The lowest BCUT2D eigenvalue weighted by atomic mass is 9.92. The zero-order chi connectivity index (χ0) is 30.2. The molecule has 0 bridgehead atoms. The van der Waals surface area contributed by atoms with Crippen LogP contribution in [0.5, 0.6) is 0 Å².